The highest BCUT2D eigenvalue weighted by atomic mass is 79.9. The van der Waals surface area contributed by atoms with Gasteiger partial charge in [0.1, 0.15) is 5.58 Å². The predicted molar refractivity (Wildman–Crippen MR) is 80.3 cm³/mol. The number of fused-ring (bicyclic) bond motifs is 1. The summed E-state index contributed by atoms with van der Waals surface area (Å²) >= 11 is 3.42. The minimum absolute atomic E-state index is 0.0861. The zero-order chi connectivity index (χ0) is 15.1. The lowest BCUT2D eigenvalue weighted by atomic mass is 9.80. The van der Waals surface area contributed by atoms with Crippen LogP contribution in [0.2, 0.25) is 0 Å². The molecule has 2 N–H and O–H groups in total. The van der Waals surface area contributed by atoms with Gasteiger partial charge in [-0.25, -0.2) is 0 Å². The molecular formula is C15H14BrNO4. The topological polar surface area (TPSA) is 79.5 Å². The van der Waals surface area contributed by atoms with Crippen molar-refractivity contribution in [2.24, 2.45) is 5.92 Å². The molecule has 0 atom stereocenters. The summed E-state index contributed by atoms with van der Waals surface area (Å²) in [6.07, 6.45) is 0.953. The molecular weight excluding hydrogens is 338 g/mol. The van der Waals surface area contributed by atoms with Crippen LogP contribution in [0.5, 0.6) is 0 Å². The Bertz CT molecular complexity index is 731. The summed E-state index contributed by atoms with van der Waals surface area (Å²) in [6, 6.07) is 5.49. The van der Waals surface area contributed by atoms with E-state index in [1.165, 1.54) is 0 Å². The van der Waals surface area contributed by atoms with Gasteiger partial charge in [-0.05, 0) is 59.5 Å². The second kappa shape index (κ2) is 5.18. The Kier molecular flexibility index (Phi) is 3.49. The van der Waals surface area contributed by atoms with Crippen LogP contribution in [0.15, 0.2) is 27.1 Å². The number of carbonyl (C=O) groups is 2. The molecule has 21 heavy (non-hydrogen) atoms. The SMILES string of the molecule is Cc1cc(Br)c2oc(C(=O)NC3CC(C(=O)O)C3)cc2c1. The molecule has 1 aromatic heterocycles. The molecule has 0 spiro atoms. The minimum atomic E-state index is -0.802. The van der Waals surface area contributed by atoms with E-state index < -0.39 is 5.97 Å². The molecule has 2 aromatic rings. The van der Waals surface area contributed by atoms with Crippen molar-refractivity contribution in [3.05, 3.63) is 34.0 Å². The van der Waals surface area contributed by atoms with E-state index in [-0.39, 0.29) is 23.6 Å². The van der Waals surface area contributed by atoms with Crippen molar-refractivity contribution >= 4 is 38.8 Å². The third kappa shape index (κ3) is 2.68. The smallest absolute Gasteiger partial charge is 0.306 e. The fourth-order valence-electron chi connectivity index (χ4n) is 2.56. The average molecular weight is 352 g/mol. The van der Waals surface area contributed by atoms with Gasteiger partial charge in [-0.3, -0.25) is 9.59 Å². The Balaban J connectivity index is 1.74. The highest BCUT2D eigenvalue weighted by molar-refractivity contribution is 9.10. The van der Waals surface area contributed by atoms with Crippen LogP contribution in [0.1, 0.15) is 29.0 Å². The fourth-order valence-corrected chi connectivity index (χ4v) is 3.23. The van der Waals surface area contributed by atoms with Crippen LogP contribution < -0.4 is 5.32 Å². The molecule has 5 nitrogen and oxygen atoms in total. The van der Waals surface area contributed by atoms with Crippen molar-refractivity contribution in [2.75, 3.05) is 0 Å². The van der Waals surface area contributed by atoms with E-state index in [2.05, 4.69) is 21.2 Å². The highest BCUT2D eigenvalue weighted by Crippen LogP contribution is 2.30. The summed E-state index contributed by atoms with van der Waals surface area (Å²) in [5, 5.41) is 12.5. The van der Waals surface area contributed by atoms with Crippen molar-refractivity contribution in [3.8, 4) is 0 Å². The first-order valence-corrected chi connectivity index (χ1v) is 7.46. The molecule has 0 saturated heterocycles. The van der Waals surface area contributed by atoms with Gasteiger partial charge in [-0.1, -0.05) is 0 Å². The lowest BCUT2D eigenvalue weighted by molar-refractivity contribution is -0.145. The maximum Gasteiger partial charge on any atom is 0.306 e. The van der Waals surface area contributed by atoms with Gasteiger partial charge in [0.2, 0.25) is 0 Å². The van der Waals surface area contributed by atoms with E-state index in [0.29, 0.717) is 18.4 Å². The van der Waals surface area contributed by atoms with Crippen LogP contribution >= 0.6 is 15.9 Å². The summed E-state index contributed by atoms with van der Waals surface area (Å²) in [6.45, 7) is 1.97. The molecule has 0 radical (unpaired) electrons. The standard InChI is InChI=1S/C15H14BrNO4/c1-7-2-8-6-12(21-13(8)11(16)3-7)14(18)17-10-4-9(5-10)15(19)20/h2-3,6,9-10H,4-5H2,1H3,(H,17,18)(H,19,20). The molecule has 1 aromatic carbocycles. The number of carbonyl (C=O) groups excluding carboxylic acids is 1. The monoisotopic (exact) mass is 351 g/mol. The van der Waals surface area contributed by atoms with Gasteiger partial charge in [0, 0.05) is 11.4 Å². The lowest BCUT2D eigenvalue weighted by Gasteiger charge is -2.32. The van der Waals surface area contributed by atoms with E-state index in [9.17, 15) is 9.59 Å². The fraction of sp³-hybridized carbons (Fsp3) is 0.333. The number of carboxylic acids is 1. The third-order valence-corrected chi connectivity index (χ3v) is 4.35. The van der Waals surface area contributed by atoms with E-state index >= 15 is 0 Å². The zero-order valence-corrected chi connectivity index (χ0v) is 12.9. The third-order valence-electron chi connectivity index (χ3n) is 3.76. The van der Waals surface area contributed by atoms with E-state index in [0.717, 1.165) is 15.4 Å². The summed E-state index contributed by atoms with van der Waals surface area (Å²) in [5.74, 6) is -1.20. The van der Waals surface area contributed by atoms with Gasteiger partial charge in [0.05, 0.1) is 10.4 Å². The molecule has 0 bridgehead atoms. The summed E-state index contributed by atoms with van der Waals surface area (Å²) in [4.78, 5) is 22.9. The number of hydrogen-bond acceptors (Lipinski definition) is 3. The molecule has 1 saturated carbocycles. The van der Waals surface area contributed by atoms with Gasteiger partial charge in [-0.15, -0.1) is 0 Å². The largest absolute Gasteiger partial charge is 0.481 e. The highest BCUT2D eigenvalue weighted by Gasteiger charge is 2.35. The van der Waals surface area contributed by atoms with Crippen LogP contribution in [0.25, 0.3) is 11.0 Å². The number of nitrogens with one attached hydrogen (secondary N) is 1. The molecule has 1 aliphatic carbocycles. The Morgan fingerprint density at radius 2 is 2.05 bits per heavy atom. The lowest BCUT2D eigenvalue weighted by Crippen LogP contribution is -2.46. The number of benzene rings is 1. The summed E-state index contributed by atoms with van der Waals surface area (Å²) in [7, 11) is 0. The van der Waals surface area contributed by atoms with Crippen LogP contribution in [0, 0.1) is 12.8 Å². The number of rotatable bonds is 3. The Hall–Kier alpha value is -1.82. The van der Waals surface area contributed by atoms with Crippen molar-refractivity contribution in [1.29, 1.82) is 0 Å². The Morgan fingerprint density at radius 3 is 2.71 bits per heavy atom. The molecule has 1 fully saturated rings. The molecule has 6 heteroatoms. The van der Waals surface area contributed by atoms with Crippen LogP contribution in [0.4, 0.5) is 0 Å². The van der Waals surface area contributed by atoms with Crippen molar-refractivity contribution in [3.63, 3.8) is 0 Å². The first-order chi connectivity index (χ1) is 9.94. The molecule has 0 aliphatic heterocycles. The molecule has 110 valence electrons. The number of aliphatic carboxylic acids is 1. The van der Waals surface area contributed by atoms with E-state index in [1.807, 2.05) is 19.1 Å². The Labute approximate surface area is 129 Å². The van der Waals surface area contributed by atoms with Gasteiger partial charge in [-0.2, -0.15) is 0 Å². The number of hydrogen-bond donors (Lipinski definition) is 2. The maximum absolute atomic E-state index is 12.1. The quantitative estimate of drug-likeness (QED) is 0.890. The molecule has 1 aliphatic rings. The molecule has 0 unspecified atom stereocenters. The first-order valence-electron chi connectivity index (χ1n) is 6.67. The van der Waals surface area contributed by atoms with E-state index in [1.54, 1.807) is 6.07 Å². The second-order valence-electron chi connectivity index (χ2n) is 5.45. The first kappa shape index (κ1) is 14.1. The minimum Gasteiger partial charge on any atom is -0.481 e. The number of aryl methyl sites for hydroxylation is 1. The van der Waals surface area contributed by atoms with Gasteiger partial charge < -0.3 is 14.8 Å². The van der Waals surface area contributed by atoms with Crippen LogP contribution in [-0.2, 0) is 4.79 Å². The molecule has 1 amide bonds. The average Bonchev–Trinajstić information content (AvgIpc) is 2.76. The predicted octanol–water partition coefficient (Wildman–Crippen LogP) is 3.10. The number of carboxylic acid groups (broad SMARTS) is 1. The zero-order valence-electron chi connectivity index (χ0n) is 11.4. The number of furan rings is 1. The molecule has 3 rings (SSSR count). The summed E-state index contributed by atoms with van der Waals surface area (Å²) < 4.78 is 6.40. The number of amides is 1. The molecule has 1 heterocycles. The van der Waals surface area contributed by atoms with Crippen molar-refractivity contribution < 1.29 is 19.1 Å². The number of halogens is 1. The van der Waals surface area contributed by atoms with Gasteiger partial charge >= 0.3 is 5.97 Å². The second-order valence-corrected chi connectivity index (χ2v) is 6.31. The maximum atomic E-state index is 12.1. The van der Waals surface area contributed by atoms with Gasteiger partial charge in [0.15, 0.2) is 5.76 Å². The van der Waals surface area contributed by atoms with Gasteiger partial charge in [0.25, 0.3) is 5.91 Å². The van der Waals surface area contributed by atoms with E-state index in [4.69, 9.17) is 9.52 Å². The van der Waals surface area contributed by atoms with Crippen LogP contribution in [-0.4, -0.2) is 23.0 Å². The Morgan fingerprint density at radius 1 is 1.33 bits per heavy atom. The normalized spacial score (nSPS) is 21.0. The van der Waals surface area contributed by atoms with Crippen molar-refractivity contribution in [1.82, 2.24) is 5.32 Å². The van der Waals surface area contributed by atoms with Crippen molar-refractivity contribution in [2.45, 2.75) is 25.8 Å². The summed E-state index contributed by atoms with van der Waals surface area (Å²) in [5.41, 5.74) is 1.72. The van der Waals surface area contributed by atoms with Crippen LogP contribution in [0.3, 0.4) is 0 Å².